The molecule has 1 amide bonds. The van der Waals surface area contributed by atoms with Gasteiger partial charge in [-0.2, -0.15) is 8.42 Å². The molecule has 238 valence electrons. The van der Waals surface area contributed by atoms with E-state index in [1.165, 1.54) is 37.8 Å². The summed E-state index contributed by atoms with van der Waals surface area (Å²) in [5, 5.41) is 7.16. The number of aromatic nitrogens is 4. The van der Waals surface area contributed by atoms with Crippen LogP contribution < -0.4 is 19.7 Å². The van der Waals surface area contributed by atoms with Gasteiger partial charge in [0.15, 0.2) is 10.8 Å². The van der Waals surface area contributed by atoms with E-state index in [2.05, 4.69) is 20.1 Å². The highest BCUT2D eigenvalue weighted by atomic mass is 32.2. The predicted molar refractivity (Wildman–Crippen MR) is 165 cm³/mol. The molecule has 8 rings (SSSR count). The summed E-state index contributed by atoms with van der Waals surface area (Å²) < 4.78 is 51.4. The normalized spacial score (nSPS) is 26.7. The van der Waals surface area contributed by atoms with Gasteiger partial charge in [0, 0.05) is 30.9 Å². The Morgan fingerprint density at radius 1 is 1.07 bits per heavy atom. The van der Waals surface area contributed by atoms with Crippen LogP contribution in [0.4, 0.5) is 16.0 Å². The molecule has 4 fully saturated rings. The lowest BCUT2D eigenvalue weighted by atomic mass is 9.93. The monoisotopic (exact) mass is 635 g/mol. The molecule has 3 aliphatic carbocycles. The fourth-order valence-corrected chi connectivity index (χ4v) is 9.50. The number of ether oxygens (including phenoxy) is 1. The Morgan fingerprint density at radius 2 is 1.84 bits per heavy atom. The van der Waals surface area contributed by atoms with Crippen molar-refractivity contribution in [2.45, 2.75) is 75.5 Å². The van der Waals surface area contributed by atoms with Gasteiger partial charge in [0.1, 0.15) is 17.8 Å². The van der Waals surface area contributed by atoms with Gasteiger partial charge in [0.2, 0.25) is 5.88 Å². The van der Waals surface area contributed by atoms with Crippen molar-refractivity contribution in [1.29, 1.82) is 0 Å². The summed E-state index contributed by atoms with van der Waals surface area (Å²) in [6, 6.07) is 9.35. The summed E-state index contributed by atoms with van der Waals surface area (Å²) >= 11 is 0. The highest BCUT2D eigenvalue weighted by Crippen LogP contribution is 2.93. The number of pyridine rings is 2. The molecule has 13 heteroatoms. The Morgan fingerprint density at radius 3 is 2.60 bits per heavy atom. The van der Waals surface area contributed by atoms with Gasteiger partial charge in [-0.05, 0) is 106 Å². The van der Waals surface area contributed by atoms with Crippen LogP contribution in [-0.4, -0.2) is 65.5 Å². The van der Waals surface area contributed by atoms with Crippen LogP contribution in [0.3, 0.4) is 0 Å². The van der Waals surface area contributed by atoms with Crippen LogP contribution in [0.25, 0.3) is 5.82 Å². The summed E-state index contributed by atoms with van der Waals surface area (Å²) in [4.78, 5) is 24.6. The molecule has 2 unspecified atom stereocenters. The van der Waals surface area contributed by atoms with Crippen molar-refractivity contribution in [3.8, 4) is 11.7 Å². The van der Waals surface area contributed by atoms with Gasteiger partial charge >= 0.3 is 0 Å². The fourth-order valence-electron chi connectivity index (χ4n) is 8.57. The van der Waals surface area contributed by atoms with E-state index < -0.39 is 27.6 Å². The van der Waals surface area contributed by atoms with E-state index in [0.717, 1.165) is 12.3 Å². The number of nitrogens with one attached hydrogen (secondary N) is 2. The number of sulfonamides is 1. The Hall–Kier alpha value is -3.74. The molecule has 0 radical (unpaired) electrons. The Kier molecular flexibility index (Phi) is 6.30. The van der Waals surface area contributed by atoms with Crippen molar-refractivity contribution < 1.29 is 22.3 Å². The number of alkyl halides is 1. The van der Waals surface area contributed by atoms with Crippen LogP contribution in [-0.2, 0) is 10.0 Å². The summed E-state index contributed by atoms with van der Waals surface area (Å²) in [7, 11) is -4.33. The van der Waals surface area contributed by atoms with Gasteiger partial charge < -0.3 is 15.0 Å². The van der Waals surface area contributed by atoms with Crippen LogP contribution in [0.1, 0.15) is 69.2 Å². The lowest BCUT2D eigenvalue weighted by molar-refractivity contribution is 0.0981. The molecule has 3 aromatic rings. The van der Waals surface area contributed by atoms with Crippen molar-refractivity contribution in [2.75, 3.05) is 29.9 Å². The zero-order valence-electron chi connectivity index (χ0n) is 25.5. The molecule has 3 aromatic heterocycles. The van der Waals surface area contributed by atoms with Gasteiger partial charge in [-0.3, -0.25) is 4.79 Å². The quantitative estimate of drug-likeness (QED) is 0.416. The van der Waals surface area contributed by atoms with Crippen LogP contribution in [0.5, 0.6) is 5.88 Å². The Balaban J connectivity index is 1.08. The average Bonchev–Trinajstić information content (AvgIpc) is 3.95. The summed E-state index contributed by atoms with van der Waals surface area (Å²) in [5.74, 6) is 1.46. The number of amides is 1. The van der Waals surface area contributed by atoms with E-state index in [9.17, 15) is 13.2 Å². The van der Waals surface area contributed by atoms with Gasteiger partial charge in [-0.1, -0.05) is 6.07 Å². The van der Waals surface area contributed by atoms with Crippen LogP contribution in [0.2, 0.25) is 0 Å². The highest BCUT2D eigenvalue weighted by molar-refractivity contribution is 7.90. The lowest BCUT2D eigenvalue weighted by Gasteiger charge is -2.34. The topological polar surface area (TPSA) is 131 Å². The molecule has 5 heterocycles. The number of carbonyl (C=O) groups excluding carboxylic acids is 1. The molecular weight excluding hydrogens is 597 g/mol. The van der Waals surface area contributed by atoms with Crippen LogP contribution in [0, 0.1) is 22.7 Å². The first-order chi connectivity index (χ1) is 21.5. The van der Waals surface area contributed by atoms with E-state index in [4.69, 9.17) is 9.72 Å². The molecule has 3 saturated carbocycles. The number of anilines is 2. The van der Waals surface area contributed by atoms with Crippen molar-refractivity contribution in [2.24, 2.45) is 22.7 Å². The smallest absolute Gasteiger partial charge is 0.281 e. The number of rotatable bonds is 5. The van der Waals surface area contributed by atoms with Crippen molar-refractivity contribution >= 4 is 27.6 Å². The van der Waals surface area contributed by atoms with E-state index in [-0.39, 0.29) is 28.9 Å². The van der Waals surface area contributed by atoms with E-state index in [1.54, 1.807) is 35.1 Å². The Labute approximate surface area is 262 Å². The standard InChI is InChI=1S/C32H38FN7O4S/c1-30(2)17-20-16-21(33)18-34-24-4-3-5-27(35-24)45(42,43)38-29(41)22-6-7-25(36-28(22)39(30)19-20)40-14-8-26(37-40)44-15-9-23-31(10-11-31)32(23)12-13-32/h3-8,14,20-21,23H,9-13,15-19H2,1-2H3,(H,34,35)(H,38,41). The molecule has 2 spiro atoms. The number of carbonyl (C=O) groups is 1. The highest BCUT2D eigenvalue weighted by Gasteiger charge is 2.85. The first-order valence-electron chi connectivity index (χ1n) is 15.9. The van der Waals surface area contributed by atoms with Crippen molar-refractivity contribution in [3.63, 3.8) is 0 Å². The number of halogens is 1. The summed E-state index contributed by atoms with van der Waals surface area (Å²) in [6.07, 6.45) is 8.14. The minimum Gasteiger partial charge on any atom is -0.477 e. The number of hydrogen-bond donors (Lipinski definition) is 2. The van der Waals surface area contributed by atoms with Crippen molar-refractivity contribution in [3.05, 3.63) is 48.2 Å². The number of hydrogen-bond acceptors (Lipinski definition) is 9. The zero-order valence-corrected chi connectivity index (χ0v) is 26.3. The molecular formula is C32H38FN7O4S. The lowest BCUT2D eigenvalue weighted by Crippen LogP contribution is -2.41. The minimum absolute atomic E-state index is 0.00736. The molecule has 11 nitrogen and oxygen atoms in total. The van der Waals surface area contributed by atoms with Gasteiger partial charge in [-0.15, -0.1) is 5.10 Å². The predicted octanol–water partition coefficient (Wildman–Crippen LogP) is 4.50. The SMILES string of the molecule is CC1(C)CC2CC(F)CNc3cccc(n3)S(=O)(=O)NC(=O)c3ccc(-n4ccc(OCCC5C6(CC6)C56CC6)n4)nc3N1C2. The average molecular weight is 636 g/mol. The molecule has 1 saturated heterocycles. The van der Waals surface area contributed by atoms with Crippen molar-refractivity contribution in [1.82, 2.24) is 24.5 Å². The molecule has 4 bridgehead atoms. The zero-order chi connectivity index (χ0) is 31.2. The fraction of sp³-hybridized carbons (Fsp3) is 0.562. The first kappa shape index (κ1) is 28.7. The first-order valence-corrected chi connectivity index (χ1v) is 17.4. The maximum atomic E-state index is 15.2. The molecule has 2 aliphatic heterocycles. The molecule has 45 heavy (non-hydrogen) atoms. The summed E-state index contributed by atoms with van der Waals surface area (Å²) in [6.45, 7) is 5.13. The summed E-state index contributed by atoms with van der Waals surface area (Å²) in [5.41, 5.74) is 0.905. The largest absolute Gasteiger partial charge is 0.477 e. The second-order valence-corrected chi connectivity index (χ2v) is 15.8. The van der Waals surface area contributed by atoms with E-state index >= 15 is 4.39 Å². The number of fused-ring (bicyclic) bond motifs is 7. The second-order valence-electron chi connectivity index (χ2n) is 14.1. The van der Waals surface area contributed by atoms with Gasteiger partial charge in [-0.25, -0.2) is 23.8 Å². The van der Waals surface area contributed by atoms with Crippen LogP contribution in [0.15, 0.2) is 47.6 Å². The Bertz CT molecular complexity index is 1770. The van der Waals surface area contributed by atoms with E-state index in [0.29, 0.717) is 54.3 Å². The minimum atomic E-state index is -4.33. The third kappa shape index (κ3) is 4.85. The number of nitrogens with zero attached hydrogens (tertiary/aromatic N) is 5. The third-order valence-corrected chi connectivity index (χ3v) is 12.1. The van der Waals surface area contributed by atoms with E-state index in [1.807, 2.05) is 18.7 Å². The van der Waals surface area contributed by atoms with Gasteiger partial charge in [0.05, 0.1) is 12.2 Å². The molecule has 0 aromatic carbocycles. The molecule has 2 atom stereocenters. The maximum Gasteiger partial charge on any atom is 0.281 e. The molecule has 5 aliphatic rings. The van der Waals surface area contributed by atoms with Gasteiger partial charge in [0.25, 0.3) is 15.9 Å². The second kappa shape index (κ2) is 9.88. The maximum absolute atomic E-state index is 15.2. The third-order valence-electron chi connectivity index (χ3n) is 10.9. The van der Waals surface area contributed by atoms with Crippen LogP contribution >= 0.6 is 0 Å². The molecule has 2 N–H and O–H groups in total.